The highest BCUT2D eigenvalue weighted by Crippen LogP contribution is 2.31. The second kappa shape index (κ2) is 7.30. The van der Waals surface area contributed by atoms with E-state index in [9.17, 15) is 0 Å². The Hall–Kier alpha value is -2.03. The lowest BCUT2D eigenvalue weighted by Crippen LogP contribution is -2.09. The van der Waals surface area contributed by atoms with Crippen molar-refractivity contribution in [2.45, 2.75) is 53.0 Å². The van der Waals surface area contributed by atoms with E-state index < -0.39 is 0 Å². The van der Waals surface area contributed by atoms with Crippen LogP contribution in [0.2, 0.25) is 0 Å². The highest BCUT2D eigenvalue weighted by atomic mass is 14.8. The number of fused-ring (bicyclic) bond motifs is 1. The Bertz CT molecular complexity index is 649. The largest absolute Gasteiger partial charge is 0.287 e. The first-order valence-electron chi connectivity index (χ1n) is 7.90. The van der Waals surface area contributed by atoms with Gasteiger partial charge in [-0.2, -0.15) is 0 Å². The Labute approximate surface area is 133 Å². The highest BCUT2D eigenvalue weighted by Gasteiger charge is 2.15. The van der Waals surface area contributed by atoms with E-state index in [0.717, 1.165) is 29.1 Å². The molecule has 0 heterocycles. The Balaban J connectivity index is 2.40. The predicted molar refractivity (Wildman–Crippen MR) is 97.1 cm³/mol. The summed E-state index contributed by atoms with van der Waals surface area (Å²) < 4.78 is 0. The maximum absolute atomic E-state index is 4.86. The van der Waals surface area contributed by atoms with Crippen molar-refractivity contribution >= 4 is 23.8 Å². The van der Waals surface area contributed by atoms with Gasteiger partial charge in [0.1, 0.15) is 0 Å². The Morgan fingerprint density at radius 1 is 1.18 bits per heavy atom. The molecule has 116 valence electrons. The van der Waals surface area contributed by atoms with E-state index in [1.165, 1.54) is 24.0 Å². The minimum Gasteiger partial charge on any atom is -0.287 e. The third kappa shape index (κ3) is 3.79. The number of hydrogen-bond donors (Lipinski definition) is 0. The van der Waals surface area contributed by atoms with Gasteiger partial charge in [0.15, 0.2) is 0 Å². The monoisotopic (exact) mass is 295 g/mol. The predicted octanol–water partition coefficient (Wildman–Crippen LogP) is 4.72. The molecular weight excluding hydrogens is 270 g/mol. The molecule has 2 rings (SSSR count). The highest BCUT2D eigenvalue weighted by molar-refractivity contribution is 6.23. The molecule has 22 heavy (non-hydrogen) atoms. The average Bonchev–Trinajstić information content (AvgIpc) is 2.93. The van der Waals surface area contributed by atoms with Crippen LogP contribution in [-0.2, 0) is 12.8 Å². The molecule has 1 aliphatic carbocycles. The van der Waals surface area contributed by atoms with Gasteiger partial charge in [-0.15, -0.1) is 0 Å². The zero-order chi connectivity index (χ0) is 16.1. The zero-order valence-corrected chi connectivity index (χ0v) is 14.1. The van der Waals surface area contributed by atoms with Gasteiger partial charge in [-0.1, -0.05) is 12.1 Å². The van der Waals surface area contributed by atoms with Crippen molar-refractivity contribution in [1.29, 1.82) is 0 Å². The number of hydrogen-bond acceptors (Lipinski definition) is 3. The molecule has 0 radical (unpaired) electrons. The second-order valence-electron chi connectivity index (χ2n) is 6.00. The number of allylic oxidation sites excluding steroid dienone is 1. The summed E-state index contributed by atoms with van der Waals surface area (Å²) in [4.78, 5) is 13.4. The molecule has 0 saturated carbocycles. The summed E-state index contributed by atoms with van der Waals surface area (Å²) in [5.74, 6) is 0. The minimum absolute atomic E-state index is 0.252. The Kier molecular flexibility index (Phi) is 5.42. The third-order valence-electron chi connectivity index (χ3n) is 3.86. The normalized spacial score (nSPS) is 16.1. The van der Waals surface area contributed by atoms with Crippen molar-refractivity contribution in [3.63, 3.8) is 0 Å². The van der Waals surface area contributed by atoms with Crippen molar-refractivity contribution < 1.29 is 0 Å². The van der Waals surface area contributed by atoms with Crippen LogP contribution in [0.3, 0.4) is 0 Å². The van der Waals surface area contributed by atoms with E-state index in [2.05, 4.69) is 48.7 Å². The lowest BCUT2D eigenvalue weighted by molar-refractivity contribution is 0.835. The summed E-state index contributed by atoms with van der Waals surface area (Å²) in [6.45, 7) is 11.7. The number of aliphatic imine (C=N–C) groups is 3. The van der Waals surface area contributed by atoms with Crippen LogP contribution in [0.25, 0.3) is 0 Å². The SMILES string of the molecule is C=N/C=C(C(\C)=N/c1cccc2c1CCC2)/C(C)=N\C(C)C. The van der Waals surface area contributed by atoms with Crippen molar-refractivity contribution in [3.05, 3.63) is 41.1 Å². The lowest BCUT2D eigenvalue weighted by Gasteiger charge is -2.10. The molecular formula is C19H25N3. The minimum atomic E-state index is 0.252. The van der Waals surface area contributed by atoms with Crippen LogP contribution in [0.5, 0.6) is 0 Å². The summed E-state index contributed by atoms with van der Waals surface area (Å²) >= 11 is 0. The van der Waals surface area contributed by atoms with Crippen LogP contribution < -0.4 is 0 Å². The standard InChI is InChI=1S/C19H25N3/c1-13(2)21-14(3)18(12-20-5)15(4)22-19-11-7-9-16-8-6-10-17(16)19/h7,9,11-13H,5-6,8,10H2,1-4H3/b18-12-,21-14-,22-15-. The first-order chi connectivity index (χ1) is 10.5. The van der Waals surface area contributed by atoms with E-state index in [1.807, 2.05) is 13.8 Å². The van der Waals surface area contributed by atoms with Gasteiger partial charge in [-0.25, -0.2) is 0 Å². The molecule has 0 amide bonds. The molecule has 0 bridgehead atoms. The zero-order valence-electron chi connectivity index (χ0n) is 14.1. The lowest BCUT2D eigenvalue weighted by atomic mass is 10.1. The molecule has 0 atom stereocenters. The van der Waals surface area contributed by atoms with E-state index in [0.29, 0.717) is 0 Å². The molecule has 3 nitrogen and oxygen atoms in total. The Morgan fingerprint density at radius 2 is 1.95 bits per heavy atom. The van der Waals surface area contributed by atoms with Crippen molar-refractivity contribution in [1.82, 2.24) is 0 Å². The fourth-order valence-corrected chi connectivity index (χ4v) is 2.94. The van der Waals surface area contributed by atoms with E-state index in [4.69, 9.17) is 4.99 Å². The molecule has 0 unspecified atom stereocenters. The fraction of sp³-hybridized carbons (Fsp3) is 0.421. The summed E-state index contributed by atoms with van der Waals surface area (Å²) in [6.07, 6.45) is 5.28. The molecule has 1 aliphatic rings. The van der Waals surface area contributed by atoms with Crippen LogP contribution in [-0.4, -0.2) is 24.2 Å². The first-order valence-corrected chi connectivity index (χ1v) is 7.90. The van der Waals surface area contributed by atoms with Crippen LogP contribution >= 0.6 is 0 Å². The molecule has 0 spiro atoms. The van der Waals surface area contributed by atoms with E-state index in [1.54, 1.807) is 6.20 Å². The van der Waals surface area contributed by atoms with Crippen molar-refractivity contribution in [2.24, 2.45) is 15.0 Å². The van der Waals surface area contributed by atoms with E-state index >= 15 is 0 Å². The van der Waals surface area contributed by atoms with Gasteiger partial charge < -0.3 is 0 Å². The van der Waals surface area contributed by atoms with Crippen molar-refractivity contribution in [2.75, 3.05) is 0 Å². The molecule has 0 saturated heterocycles. The summed E-state index contributed by atoms with van der Waals surface area (Å²) in [5.41, 5.74) is 6.77. The topological polar surface area (TPSA) is 37.1 Å². The van der Waals surface area contributed by atoms with Gasteiger partial charge in [-0.05, 0) is 70.9 Å². The number of benzene rings is 1. The quantitative estimate of drug-likeness (QED) is 0.705. The van der Waals surface area contributed by atoms with Crippen LogP contribution in [0.1, 0.15) is 45.2 Å². The fourth-order valence-electron chi connectivity index (χ4n) is 2.94. The molecule has 0 aromatic heterocycles. The van der Waals surface area contributed by atoms with Gasteiger partial charge in [0, 0.05) is 29.2 Å². The van der Waals surface area contributed by atoms with Gasteiger partial charge in [0.25, 0.3) is 0 Å². The third-order valence-corrected chi connectivity index (χ3v) is 3.86. The van der Waals surface area contributed by atoms with Gasteiger partial charge >= 0.3 is 0 Å². The van der Waals surface area contributed by atoms with Gasteiger partial charge in [-0.3, -0.25) is 15.0 Å². The number of nitrogens with zero attached hydrogens (tertiary/aromatic N) is 3. The molecule has 3 heteroatoms. The second-order valence-corrected chi connectivity index (χ2v) is 6.00. The average molecular weight is 295 g/mol. The summed E-state index contributed by atoms with van der Waals surface area (Å²) in [6, 6.07) is 6.66. The molecule has 1 aromatic rings. The maximum atomic E-state index is 4.86. The number of rotatable bonds is 5. The van der Waals surface area contributed by atoms with Crippen molar-refractivity contribution in [3.8, 4) is 0 Å². The van der Waals surface area contributed by atoms with Crippen LogP contribution in [0.15, 0.2) is 44.9 Å². The Morgan fingerprint density at radius 3 is 2.64 bits per heavy atom. The van der Waals surface area contributed by atoms with Gasteiger partial charge in [0.05, 0.1) is 5.69 Å². The molecule has 1 aromatic carbocycles. The van der Waals surface area contributed by atoms with E-state index in [-0.39, 0.29) is 6.04 Å². The van der Waals surface area contributed by atoms with Crippen LogP contribution in [0.4, 0.5) is 5.69 Å². The summed E-state index contributed by atoms with van der Waals surface area (Å²) in [7, 11) is 0. The maximum Gasteiger partial charge on any atom is 0.0667 e. The van der Waals surface area contributed by atoms with Crippen LogP contribution in [0, 0.1) is 0 Å². The molecule has 0 N–H and O–H groups in total. The first kappa shape index (κ1) is 16.3. The summed E-state index contributed by atoms with van der Waals surface area (Å²) in [5, 5.41) is 0. The smallest absolute Gasteiger partial charge is 0.0667 e. The van der Waals surface area contributed by atoms with Gasteiger partial charge in [0.2, 0.25) is 0 Å². The molecule has 0 fully saturated rings. The number of aryl methyl sites for hydroxylation is 1. The molecule has 0 aliphatic heterocycles.